The van der Waals surface area contributed by atoms with Gasteiger partial charge in [-0.3, -0.25) is 4.79 Å². The highest BCUT2D eigenvalue weighted by Crippen LogP contribution is 2.19. The van der Waals surface area contributed by atoms with Crippen LogP contribution in [0.4, 0.5) is 0 Å². The second-order valence-corrected chi connectivity index (χ2v) is 4.96. The number of carbonyl (C=O) groups is 1. The molecule has 0 radical (unpaired) electrons. The first kappa shape index (κ1) is 11.9. The molecule has 3 atom stereocenters. The molecule has 0 spiro atoms. The Labute approximate surface area is 96.9 Å². The van der Waals surface area contributed by atoms with Crippen LogP contribution >= 0.6 is 0 Å². The molecule has 1 heterocycles. The van der Waals surface area contributed by atoms with E-state index in [4.69, 9.17) is 10.5 Å². The monoisotopic (exact) mass is 226 g/mol. The van der Waals surface area contributed by atoms with Gasteiger partial charge in [0, 0.05) is 18.7 Å². The van der Waals surface area contributed by atoms with Gasteiger partial charge < -0.3 is 15.8 Å². The SMILES string of the molecule is NC1CCCC1NC(=O)CC1CCCCO1. The molecule has 16 heavy (non-hydrogen) atoms. The van der Waals surface area contributed by atoms with E-state index in [9.17, 15) is 4.79 Å². The second-order valence-electron chi connectivity index (χ2n) is 4.96. The standard InChI is InChI=1S/C12H22N2O2/c13-10-5-3-6-11(10)14-12(15)8-9-4-1-2-7-16-9/h9-11H,1-8,13H2,(H,14,15). The van der Waals surface area contributed by atoms with Gasteiger partial charge in [0.25, 0.3) is 0 Å². The quantitative estimate of drug-likeness (QED) is 0.753. The highest BCUT2D eigenvalue weighted by Gasteiger charge is 2.26. The Balaban J connectivity index is 1.70. The molecule has 0 aromatic heterocycles. The van der Waals surface area contributed by atoms with Crippen LogP contribution in [0.15, 0.2) is 0 Å². The summed E-state index contributed by atoms with van der Waals surface area (Å²) in [6, 6.07) is 0.340. The Bertz CT molecular complexity index is 239. The molecule has 4 heteroatoms. The third-order valence-electron chi connectivity index (χ3n) is 3.60. The molecule has 0 aromatic carbocycles. The van der Waals surface area contributed by atoms with Crippen molar-refractivity contribution in [3.63, 3.8) is 0 Å². The smallest absolute Gasteiger partial charge is 0.222 e. The molecule has 1 amide bonds. The summed E-state index contributed by atoms with van der Waals surface area (Å²) in [5.74, 6) is 0.106. The minimum Gasteiger partial charge on any atom is -0.378 e. The average molecular weight is 226 g/mol. The molecule has 4 nitrogen and oxygen atoms in total. The topological polar surface area (TPSA) is 64.3 Å². The lowest BCUT2D eigenvalue weighted by Gasteiger charge is -2.23. The van der Waals surface area contributed by atoms with Crippen molar-refractivity contribution in [2.24, 2.45) is 5.73 Å². The molecular formula is C12H22N2O2. The van der Waals surface area contributed by atoms with Crippen LogP contribution in [0.2, 0.25) is 0 Å². The summed E-state index contributed by atoms with van der Waals surface area (Å²) in [6.45, 7) is 0.806. The van der Waals surface area contributed by atoms with Gasteiger partial charge in [0.1, 0.15) is 0 Å². The first-order valence-electron chi connectivity index (χ1n) is 6.42. The van der Waals surface area contributed by atoms with E-state index in [2.05, 4.69) is 5.32 Å². The van der Waals surface area contributed by atoms with Gasteiger partial charge in [-0.05, 0) is 38.5 Å². The summed E-state index contributed by atoms with van der Waals surface area (Å²) in [5, 5.41) is 3.03. The fourth-order valence-electron chi connectivity index (χ4n) is 2.61. The van der Waals surface area contributed by atoms with Gasteiger partial charge in [0.05, 0.1) is 12.5 Å². The van der Waals surface area contributed by atoms with E-state index < -0.39 is 0 Å². The zero-order valence-corrected chi connectivity index (χ0v) is 9.78. The van der Waals surface area contributed by atoms with Gasteiger partial charge in [-0.1, -0.05) is 0 Å². The molecule has 2 fully saturated rings. The van der Waals surface area contributed by atoms with Gasteiger partial charge >= 0.3 is 0 Å². The van der Waals surface area contributed by atoms with Crippen LogP contribution in [0.1, 0.15) is 44.9 Å². The summed E-state index contributed by atoms with van der Waals surface area (Å²) in [6.07, 6.45) is 7.15. The normalized spacial score (nSPS) is 34.9. The molecule has 1 aliphatic heterocycles. The van der Waals surface area contributed by atoms with Crippen molar-refractivity contribution in [3.05, 3.63) is 0 Å². The van der Waals surface area contributed by atoms with E-state index in [1.807, 2.05) is 0 Å². The van der Waals surface area contributed by atoms with E-state index >= 15 is 0 Å². The van der Waals surface area contributed by atoms with Gasteiger partial charge in [-0.25, -0.2) is 0 Å². The third kappa shape index (κ3) is 3.19. The van der Waals surface area contributed by atoms with Crippen LogP contribution in [0.5, 0.6) is 0 Å². The maximum absolute atomic E-state index is 11.8. The fraction of sp³-hybridized carbons (Fsp3) is 0.917. The highest BCUT2D eigenvalue weighted by molar-refractivity contribution is 5.76. The van der Waals surface area contributed by atoms with Crippen molar-refractivity contribution < 1.29 is 9.53 Å². The average Bonchev–Trinajstić information content (AvgIpc) is 2.66. The van der Waals surface area contributed by atoms with Gasteiger partial charge in [0.2, 0.25) is 5.91 Å². The van der Waals surface area contributed by atoms with E-state index in [1.54, 1.807) is 0 Å². The lowest BCUT2D eigenvalue weighted by atomic mass is 10.1. The highest BCUT2D eigenvalue weighted by atomic mass is 16.5. The molecular weight excluding hydrogens is 204 g/mol. The minimum absolute atomic E-state index is 0.106. The van der Waals surface area contributed by atoms with Crippen molar-refractivity contribution in [2.75, 3.05) is 6.61 Å². The molecule has 1 saturated carbocycles. The van der Waals surface area contributed by atoms with Crippen LogP contribution in [0.25, 0.3) is 0 Å². The molecule has 3 unspecified atom stereocenters. The van der Waals surface area contributed by atoms with E-state index in [-0.39, 0.29) is 24.1 Å². The summed E-state index contributed by atoms with van der Waals surface area (Å²) < 4.78 is 5.55. The predicted octanol–water partition coefficient (Wildman–Crippen LogP) is 0.942. The maximum atomic E-state index is 11.8. The molecule has 2 aliphatic rings. The summed E-state index contributed by atoms with van der Waals surface area (Å²) in [4.78, 5) is 11.8. The molecule has 1 saturated heterocycles. The number of ether oxygens (including phenoxy) is 1. The number of carbonyl (C=O) groups excluding carboxylic acids is 1. The van der Waals surface area contributed by atoms with Gasteiger partial charge in [-0.2, -0.15) is 0 Å². The first-order chi connectivity index (χ1) is 7.75. The molecule has 0 bridgehead atoms. The van der Waals surface area contributed by atoms with Crippen molar-refractivity contribution in [3.8, 4) is 0 Å². The molecule has 92 valence electrons. The van der Waals surface area contributed by atoms with E-state index in [0.29, 0.717) is 6.42 Å². The third-order valence-corrected chi connectivity index (χ3v) is 3.60. The lowest BCUT2D eigenvalue weighted by Crippen LogP contribution is -2.45. The Morgan fingerprint density at radius 1 is 1.25 bits per heavy atom. The first-order valence-corrected chi connectivity index (χ1v) is 6.42. The number of hydrogen-bond acceptors (Lipinski definition) is 3. The molecule has 1 aliphatic carbocycles. The zero-order chi connectivity index (χ0) is 11.4. The molecule has 3 N–H and O–H groups in total. The molecule has 2 rings (SSSR count). The van der Waals surface area contributed by atoms with Crippen molar-refractivity contribution in [1.29, 1.82) is 0 Å². The van der Waals surface area contributed by atoms with Crippen molar-refractivity contribution in [1.82, 2.24) is 5.32 Å². The Morgan fingerprint density at radius 2 is 2.12 bits per heavy atom. The maximum Gasteiger partial charge on any atom is 0.222 e. The number of amides is 1. The van der Waals surface area contributed by atoms with E-state index in [1.165, 1.54) is 6.42 Å². The minimum atomic E-state index is 0.106. The summed E-state index contributed by atoms with van der Waals surface area (Å²) >= 11 is 0. The van der Waals surface area contributed by atoms with E-state index in [0.717, 1.165) is 38.7 Å². The summed E-state index contributed by atoms with van der Waals surface area (Å²) in [5.41, 5.74) is 5.91. The number of nitrogens with one attached hydrogen (secondary N) is 1. The van der Waals surface area contributed by atoms with Gasteiger partial charge in [-0.15, -0.1) is 0 Å². The van der Waals surface area contributed by atoms with Crippen molar-refractivity contribution in [2.45, 2.75) is 63.1 Å². The fourth-order valence-corrected chi connectivity index (χ4v) is 2.61. The lowest BCUT2D eigenvalue weighted by molar-refractivity contribution is -0.125. The van der Waals surface area contributed by atoms with Crippen LogP contribution in [-0.2, 0) is 9.53 Å². The Morgan fingerprint density at radius 3 is 2.75 bits per heavy atom. The Kier molecular flexibility index (Phi) is 4.18. The van der Waals surface area contributed by atoms with Gasteiger partial charge in [0.15, 0.2) is 0 Å². The van der Waals surface area contributed by atoms with Crippen LogP contribution in [0.3, 0.4) is 0 Å². The van der Waals surface area contributed by atoms with Crippen LogP contribution in [0, 0.1) is 0 Å². The Hall–Kier alpha value is -0.610. The number of hydrogen-bond donors (Lipinski definition) is 2. The zero-order valence-electron chi connectivity index (χ0n) is 9.78. The van der Waals surface area contributed by atoms with Crippen LogP contribution < -0.4 is 11.1 Å². The number of nitrogens with two attached hydrogens (primary N) is 1. The van der Waals surface area contributed by atoms with Crippen LogP contribution in [-0.4, -0.2) is 30.7 Å². The van der Waals surface area contributed by atoms with Crippen molar-refractivity contribution >= 4 is 5.91 Å². The molecule has 0 aromatic rings. The predicted molar refractivity (Wildman–Crippen MR) is 62.0 cm³/mol. The number of rotatable bonds is 3. The largest absolute Gasteiger partial charge is 0.378 e. The second kappa shape index (κ2) is 5.64. The summed E-state index contributed by atoms with van der Waals surface area (Å²) in [7, 11) is 0.